The van der Waals surface area contributed by atoms with Crippen molar-refractivity contribution in [2.24, 2.45) is 5.92 Å². The molecule has 23 heavy (non-hydrogen) atoms. The number of hydrogen-bond donors (Lipinski definition) is 2. The first kappa shape index (κ1) is 17.4. The van der Waals surface area contributed by atoms with Crippen molar-refractivity contribution in [3.8, 4) is 0 Å². The van der Waals surface area contributed by atoms with Crippen LogP contribution in [0.15, 0.2) is 24.3 Å². The minimum absolute atomic E-state index is 0.0827. The Morgan fingerprint density at radius 2 is 2.09 bits per heavy atom. The van der Waals surface area contributed by atoms with E-state index in [1.165, 1.54) is 0 Å². The standard InChI is InChI=1S/C17H22N2O3S/c1-3-11(2)16(17(21)22)19-14(20)9-6-10-15-18-12-7-4-5-8-13(12)23-15/h4-5,7-8,11,16H,3,6,9-10H2,1-2H3,(H,19,20)(H,21,22). The molecule has 0 spiro atoms. The maximum Gasteiger partial charge on any atom is 0.326 e. The first-order chi connectivity index (χ1) is 11.0. The molecule has 5 nitrogen and oxygen atoms in total. The van der Waals surface area contributed by atoms with Crippen LogP contribution in [0.3, 0.4) is 0 Å². The molecule has 0 aliphatic carbocycles. The topological polar surface area (TPSA) is 79.3 Å². The van der Waals surface area contributed by atoms with E-state index >= 15 is 0 Å². The fraction of sp³-hybridized carbons (Fsp3) is 0.471. The molecule has 1 heterocycles. The minimum atomic E-state index is -0.973. The van der Waals surface area contributed by atoms with Gasteiger partial charge in [0.25, 0.3) is 0 Å². The van der Waals surface area contributed by atoms with Crippen LogP contribution in [0.5, 0.6) is 0 Å². The zero-order chi connectivity index (χ0) is 16.8. The van der Waals surface area contributed by atoms with Crippen molar-refractivity contribution in [1.29, 1.82) is 0 Å². The number of rotatable bonds is 8. The number of amides is 1. The van der Waals surface area contributed by atoms with Crippen molar-refractivity contribution in [2.75, 3.05) is 0 Å². The molecule has 1 amide bonds. The Hall–Kier alpha value is -1.95. The van der Waals surface area contributed by atoms with E-state index in [2.05, 4.69) is 10.3 Å². The van der Waals surface area contributed by atoms with E-state index in [4.69, 9.17) is 0 Å². The number of aromatic nitrogens is 1. The molecule has 0 aliphatic rings. The molecule has 1 aromatic carbocycles. The van der Waals surface area contributed by atoms with Crippen LogP contribution in [0, 0.1) is 5.92 Å². The Labute approximate surface area is 139 Å². The summed E-state index contributed by atoms with van der Waals surface area (Å²) in [5, 5.41) is 12.8. The first-order valence-corrected chi connectivity index (χ1v) is 8.69. The number of nitrogens with zero attached hydrogens (tertiary/aromatic N) is 1. The number of benzene rings is 1. The second-order valence-electron chi connectivity index (χ2n) is 5.70. The lowest BCUT2D eigenvalue weighted by atomic mass is 9.99. The number of carbonyl (C=O) groups excluding carboxylic acids is 1. The van der Waals surface area contributed by atoms with E-state index in [0.717, 1.165) is 21.6 Å². The van der Waals surface area contributed by atoms with Gasteiger partial charge in [0.15, 0.2) is 0 Å². The van der Waals surface area contributed by atoms with Gasteiger partial charge in [-0.3, -0.25) is 4.79 Å². The number of aliphatic carboxylic acids is 1. The van der Waals surface area contributed by atoms with Gasteiger partial charge in [-0.2, -0.15) is 0 Å². The Kier molecular flexibility index (Phi) is 6.10. The van der Waals surface area contributed by atoms with Gasteiger partial charge in [0.1, 0.15) is 6.04 Å². The van der Waals surface area contributed by atoms with E-state index in [1.807, 2.05) is 38.1 Å². The summed E-state index contributed by atoms with van der Waals surface area (Å²) >= 11 is 1.64. The second-order valence-corrected chi connectivity index (χ2v) is 6.81. The minimum Gasteiger partial charge on any atom is -0.480 e. The Bertz CT molecular complexity index is 650. The monoisotopic (exact) mass is 334 g/mol. The van der Waals surface area contributed by atoms with Crippen LogP contribution in [0.25, 0.3) is 10.2 Å². The van der Waals surface area contributed by atoms with Gasteiger partial charge in [-0.05, 0) is 30.9 Å². The molecule has 0 saturated carbocycles. The van der Waals surface area contributed by atoms with Gasteiger partial charge in [-0.15, -0.1) is 11.3 Å². The van der Waals surface area contributed by atoms with Gasteiger partial charge in [-0.25, -0.2) is 9.78 Å². The predicted octanol–water partition coefficient (Wildman–Crippen LogP) is 3.23. The highest BCUT2D eigenvalue weighted by Gasteiger charge is 2.24. The molecule has 6 heteroatoms. The first-order valence-electron chi connectivity index (χ1n) is 7.88. The number of nitrogens with one attached hydrogen (secondary N) is 1. The summed E-state index contributed by atoms with van der Waals surface area (Å²) in [6.07, 6.45) is 2.42. The van der Waals surface area contributed by atoms with Crippen LogP contribution in [0.1, 0.15) is 38.1 Å². The third-order valence-electron chi connectivity index (χ3n) is 3.93. The van der Waals surface area contributed by atoms with Crippen molar-refractivity contribution in [1.82, 2.24) is 10.3 Å². The highest BCUT2D eigenvalue weighted by atomic mass is 32.1. The molecule has 0 radical (unpaired) electrons. The summed E-state index contributed by atoms with van der Waals surface area (Å²) in [7, 11) is 0. The summed E-state index contributed by atoms with van der Waals surface area (Å²) in [6.45, 7) is 3.75. The molecule has 0 saturated heterocycles. The van der Waals surface area contributed by atoms with Crippen LogP contribution in [0.2, 0.25) is 0 Å². The third-order valence-corrected chi connectivity index (χ3v) is 5.02. The quantitative estimate of drug-likeness (QED) is 0.777. The third kappa shape index (κ3) is 4.76. The molecular formula is C17H22N2O3S. The maximum atomic E-state index is 11.9. The molecule has 1 aromatic heterocycles. The molecular weight excluding hydrogens is 312 g/mol. The van der Waals surface area contributed by atoms with Gasteiger partial charge in [0, 0.05) is 6.42 Å². The number of carboxylic acids is 1. The molecule has 124 valence electrons. The molecule has 2 N–H and O–H groups in total. The van der Waals surface area contributed by atoms with Crippen molar-refractivity contribution in [3.05, 3.63) is 29.3 Å². The van der Waals surface area contributed by atoms with Crippen LogP contribution < -0.4 is 5.32 Å². The van der Waals surface area contributed by atoms with E-state index in [1.54, 1.807) is 11.3 Å². The summed E-state index contributed by atoms with van der Waals surface area (Å²) in [5.41, 5.74) is 0.986. The van der Waals surface area contributed by atoms with Crippen molar-refractivity contribution in [2.45, 2.75) is 45.6 Å². The summed E-state index contributed by atoms with van der Waals surface area (Å²) in [6, 6.07) is 7.15. The second kappa shape index (κ2) is 8.06. The number of thiazole rings is 1. The van der Waals surface area contributed by atoms with Gasteiger partial charge < -0.3 is 10.4 Å². The smallest absolute Gasteiger partial charge is 0.326 e. The van der Waals surface area contributed by atoms with Crippen molar-refractivity contribution >= 4 is 33.4 Å². The molecule has 2 unspecified atom stereocenters. The summed E-state index contributed by atoms with van der Waals surface area (Å²) in [5.74, 6) is -1.27. The normalized spacial score (nSPS) is 13.7. The highest BCUT2D eigenvalue weighted by molar-refractivity contribution is 7.18. The van der Waals surface area contributed by atoms with Crippen LogP contribution in [-0.4, -0.2) is 28.0 Å². The lowest BCUT2D eigenvalue weighted by molar-refractivity contribution is -0.143. The van der Waals surface area contributed by atoms with Crippen molar-refractivity contribution < 1.29 is 14.7 Å². The van der Waals surface area contributed by atoms with Gasteiger partial charge in [0.05, 0.1) is 15.2 Å². The summed E-state index contributed by atoms with van der Waals surface area (Å²) < 4.78 is 1.15. The van der Waals surface area contributed by atoms with Gasteiger partial charge in [-0.1, -0.05) is 32.4 Å². The van der Waals surface area contributed by atoms with E-state index in [9.17, 15) is 14.7 Å². The van der Waals surface area contributed by atoms with E-state index in [0.29, 0.717) is 19.3 Å². The fourth-order valence-electron chi connectivity index (χ4n) is 2.36. The number of aryl methyl sites for hydroxylation is 1. The van der Waals surface area contributed by atoms with Crippen molar-refractivity contribution in [3.63, 3.8) is 0 Å². The molecule has 2 atom stereocenters. The number of hydrogen-bond acceptors (Lipinski definition) is 4. The lowest BCUT2D eigenvalue weighted by Crippen LogP contribution is -2.44. The maximum absolute atomic E-state index is 11.9. The van der Waals surface area contributed by atoms with E-state index in [-0.39, 0.29) is 11.8 Å². The Balaban J connectivity index is 1.83. The van der Waals surface area contributed by atoms with Crippen LogP contribution >= 0.6 is 11.3 Å². The highest BCUT2D eigenvalue weighted by Crippen LogP contribution is 2.22. The lowest BCUT2D eigenvalue weighted by Gasteiger charge is -2.20. The summed E-state index contributed by atoms with van der Waals surface area (Å²) in [4.78, 5) is 27.7. The van der Waals surface area contributed by atoms with Gasteiger partial charge >= 0.3 is 5.97 Å². The fourth-order valence-corrected chi connectivity index (χ4v) is 3.36. The number of para-hydroxylation sites is 1. The molecule has 2 rings (SSSR count). The Morgan fingerprint density at radius 3 is 2.74 bits per heavy atom. The van der Waals surface area contributed by atoms with Crippen LogP contribution in [-0.2, 0) is 16.0 Å². The zero-order valence-electron chi connectivity index (χ0n) is 13.4. The largest absolute Gasteiger partial charge is 0.480 e. The number of fused-ring (bicyclic) bond motifs is 1. The molecule has 0 fully saturated rings. The molecule has 0 aliphatic heterocycles. The molecule has 0 bridgehead atoms. The number of carbonyl (C=O) groups is 2. The Morgan fingerprint density at radius 1 is 1.35 bits per heavy atom. The average Bonchev–Trinajstić information content (AvgIpc) is 2.94. The zero-order valence-corrected chi connectivity index (χ0v) is 14.2. The number of carboxylic acid groups (broad SMARTS) is 1. The van der Waals surface area contributed by atoms with Crippen LogP contribution in [0.4, 0.5) is 0 Å². The SMILES string of the molecule is CCC(C)C(NC(=O)CCCc1nc2ccccc2s1)C(=O)O. The molecule has 2 aromatic rings. The average molecular weight is 334 g/mol. The van der Waals surface area contributed by atoms with E-state index < -0.39 is 12.0 Å². The predicted molar refractivity (Wildman–Crippen MR) is 91.6 cm³/mol. The van der Waals surface area contributed by atoms with Gasteiger partial charge in [0.2, 0.25) is 5.91 Å².